The van der Waals surface area contributed by atoms with E-state index >= 15 is 0 Å². The second-order valence-corrected chi connectivity index (χ2v) is 4.79. The summed E-state index contributed by atoms with van der Waals surface area (Å²) in [7, 11) is 0. The van der Waals surface area contributed by atoms with Gasteiger partial charge in [-0.3, -0.25) is 4.79 Å². The Morgan fingerprint density at radius 1 is 1.52 bits per heavy atom. The lowest BCUT2D eigenvalue weighted by molar-refractivity contribution is -0.117. The summed E-state index contributed by atoms with van der Waals surface area (Å²) in [6, 6.07) is 8.24. The second-order valence-electron chi connectivity index (χ2n) is 4.79. The number of nitrogens with zero attached hydrogens (tertiary/aromatic N) is 1. The number of hydrogen-bond acceptors (Lipinski definition) is 4. The summed E-state index contributed by atoms with van der Waals surface area (Å²) in [5.74, 6) is -0.335. The smallest absolute Gasteiger partial charge is 0.261 e. The van der Waals surface area contributed by atoms with Crippen LogP contribution in [0, 0.1) is 11.3 Å². The lowest BCUT2D eigenvalue weighted by atomic mass is 10.1. The SMILES string of the molecule is CC(C)OCCCNC(=O)/C(C#N)=C/c1cccc(O)c1. The van der Waals surface area contributed by atoms with E-state index in [-0.39, 0.29) is 17.4 Å². The molecule has 1 aromatic rings. The molecule has 1 rings (SSSR count). The minimum absolute atomic E-state index is 0.00498. The number of rotatable bonds is 7. The third kappa shape index (κ3) is 6.59. The number of phenolic OH excluding ortho intramolecular Hbond substituents is 1. The van der Waals surface area contributed by atoms with Gasteiger partial charge in [0, 0.05) is 13.2 Å². The largest absolute Gasteiger partial charge is 0.508 e. The summed E-state index contributed by atoms with van der Waals surface area (Å²) in [5.41, 5.74) is 0.607. The van der Waals surface area contributed by atoms with Crippen molar-refractivity contribution in [3.8, 4) is 11.8 Å². The molecule has 5 nitrogen and oxygen atoms in total. The molecule has 0 heterocycles. The topological polar surface area (TPSA) is 82.3 Å². The Morgan fingerprint density at radius 2 is 2.29 bits per heavy atom. The molecule has 0 aliphatic rings. The van der Waals surface area contributed by atoms with Crippen LogP contribution in [0.3, 0.4) is 0 Å². The molecule has 0 atom stereocenters. The maximum atomic E-state index is 11.9. The highest BCUT2D eigenvalue weighted by Crippen LogP contribution is 2.14. The highest BCUT2D eigenvalue weighted by molar-refractivity contribution is 6.01. The van der Waals surface area contributed by atoms with Crippen LogP contribution in [0.1, 0.15) is 25.8 Å². The molecule has 2 N–H and O–H groups in total. The van der Waals surface area contributed by atoms with Crippen LogP contribution in [0.25, 0.3) is 6.08 Å². The Bertz CT molecular complexity index is 545. The number of ether oxygens (including phenoxy) is 1. The Hall–Kier alpha value is -2.32. The number of nitrogens with one attached hydrogen (secondary N) is 1. The maximum Gasteiger partial charge on any atom is 0.261 e. The Morgan fingerprint density at radius 3 is 2.90 bits per heavy atom. The van der Waals surface area contributed by atoms with E-state index in [1.165, 1.54) is 18.2 Å². The number of aromatic hydroxyl groups is 1. The van der Waals surface area contributed by atoms with Gasteiger partial charge in [0.1, 0.15) is 17.4 Å². The molecular weight excluding hydrogens is 268 g/mol. The van der Waals surface area contributed by atoms with Gasteiger partial charge >= 0.3 is 0 Å². The monoisotopic (exact) mass is 288 g/mol. The third-order valence-electron chi connectivity index (χ3n) is 2.60. The van der Waals surface area contributed by atoms with Gasteiger partial charge in [-0.05, 0) is 44.0 Å². The van der Waals surface area contributed by atoms with Gasteiger partial charge in [0.25, 0.3) is 5.91 Å². The minimum Gasteiger partial charge on any atom is -0.508 e. The standard InChI is InChI=1S/C16H20N2O3/c1-12(2)21-8-4-7-18-16(20)14(11-17)9-13-5-3-6-15(19)10-13/h3,5-6,9-10,12,19H,4,7-8H2,1-2H3,(H,18,20)/b14-9+. The average molecular weight is 288 g/mol. The highest BCUT2D eigenvalue weighted by Gasteiger charge is 2.08. The molecule has 112 valence electrons. The van der Waals surface area contributed by atoms with Gasteiger partial charge in [0.2, 0.25) is 0 Å². The molecule has 21 heavy (non-hydrogen) atoms. The van der Waals surface area contributed by atoms with Crippen molar-refractivity contribution in [3.63, 3.8) is 0 Å². The van der Waals surface area contributed by atoms with Crippen molar-refractivity contribution in [2.24, 2.45) is 0 Å². The molecule has 0 radical (unpaired) electrons. The number of benzene rings is 1. The highest BCUT2D eigenvalue weighted by atomic mass is 16.5. The molecule has 0 saturated heterocycles. The average Bonchev–Trinajstić information content (AvgIpc) is 2.44. The number of hydrogen-bond donors (Lipinski definition) is 2. The van der Waals surface area contributed by atoms with Crippen molar-refractivity contribution in [3.05, 3.63) is 35.4 Å². The fraction of sp³-hybridized carbons (Fsp3) is 0.375. The Labute approximate surface area is 124 Å². The summed E-state index contributed by atoms with van der Waals surface area (Å²) < 4.78 is 5.36. The van der Waals surface area contributed by atoms with Gasteiger partial charge in [-0.15, -0.1) is 0 Å². The predicted octanol–water partition coefficient (Wildman–Crippen LogP) is 2.23. The van der Waals surface area contributed by atoms with E-state index < -0.39 is 5.91 Å². The molecule has 0 bridgehead atoms. The van der Waals surface area contributed by atoms with Gasteiger partial charge in [0.05, 0.1) is 6.10 Å². The fourth-order valence-corrected chi connectivity index (χ4v) is 1.62. The minimum atomic E-state index is -0.426. The molecule has 0 aromatic heterocycles. The third-order valence-corrected chi connectivity index (χ3v) is 2.60. The molecule has 0 saturated carbocycles. The zero-order chi connectivity index (χ0) is 15.7. The van der Waals surface area contributed by atoms with Crippen LogP contribution in [0.4, 0.5) is 0 Å². The number of amides is 1. The van der Waals surface area contributed by atoms with Gasteiger partial charge < -0.3 is 15.2 Å². The van der Waals surface area contributed by atoms with E-state index in [0.29, 0.717) is 25.1 Å². The van der Waals surface area contributed by atoms with Crippen molar-refractivity contribution in [2.75, 3.05) is 13.2 Å². The number of carbonyl (C=O) groups is 1. The Balaban J connectivity index is 2.52. The second kappa shape index (κ2) is 8.77. The van der Waals surface area contributed by atoms with Crippen LogP contribution >= 0.6 is 0 Å². The van der Waals surface area contributed by atoms with Crippen LogP contribution in [0.2, 0.25) is 0 Å². The van der Waals surface area contributed by atoms with E-state index in [9.17, 15) is 9.90 Å². The van der Waals surface area contributed by atoms with Crippen LogP contribution < -0.4 is 5.32 Å². The van der Waals surface area contributed by atoms with Crippen molar-refractivity contribution in [2.45, 2.75) is 26.4 Å². The molecule has 0 unspecified atom stereocenters. The first-order valence-electron chi connectivity index (χ1n) is 6.83. The fourth-order valence-electron chi connectivity index (χ4n) is 1.62. The molecule has 0 fully saturated rings. The zero-order valence-electron chi connectivity index (χ0n) is 12.3. The molecule has 0 aliphatic carbocycles. The van der Waals surface area contributed by atoms with Crippen LogP contribution in [-0.2, 0) is 9.53 Å². The normalized spacial score (nSPS) is 11.2. The van der Waals surface area contributed by atoms with Crippen LogP contribution in [0.15, 0.2) is 29.8 Å². The first-order valence-corrected chi connectivity index (χ1v) is 6.83. The molecule has 5 heteroatoms. The van der Waals surface area contributed by atoms with E-state index in [0.717, 1.165) is 0 Å². The number of phenols is 1. The van der Waals surface area contributed by atoms with E-state index in [2.05, 4.69) is 5.32 Å². The van der Waals surface area contributed by atoms with E-state index in [4.69, 9.17) is 10.00 Å². The molecule has 1 aromatic carbocycles. The maximum absolute atomic E-state index is 11.9. The van der Waals surface area contributed by atoms with E-state index in [1.54, 1.807) is 12.1 Å². The van der Waals surface area contributed by atoms with Gasteiger partial charge in [-0.2, -0.15) is 5.26 Å². The quantitative estimate of drug-likeness (QED) is 0.458. The van der Waals surface area contributed by atoms with Crippen molar-refractivity contribution >= 4 is 12.0 Å². The van der Waals surface area contributed by atoms with Crippen LogP contribution in [0.5, 0.6) is 5.75 Å². The van der Waals surface area contributed by atoms with Crippen molar-refractivity contribution in [1.29, 1.82) is 5.26 Å². The van der Waals surface area contributed by atoms with Gasteiger partial charge in [0.15, 0.2) is 0 Å². The van der Waals surface area contributed by atoms with Crippen molar-refractivity contribution in [1.82, 2.24) is 5.32 Å². The number of carbonyl (C=O) groups excluding carboxylic acids is 1. The van der Waals surface area contributed by atoms with Gasteiger partial charge in [-0.25, -0.2) is 0 Å². The summed E-state index contributed by atoms with van der Waals surface area (Å²) >= 11 is 0. The summed E-state index contributed by atoms with van der Waals surface area (Å²) in [6.45, 7) is 4.91. The molecular formula is C16H20N2O3. The Kier molecular flexibility index (Phi) is 6.99. The molecule has 0 aliphatic heterocycles. The summed E-state index contributed by atoms with van der Waals surface area (Å²) in [6.07, 6.45) is 2.30. The lowest BCUT2D eigenvalue weighted by Gasteiger charge is -2.08. The molecule has 0 spiro atoms. The molecule has 1 amide bonds. The van der Waals surface area contributed by atoms with Gasteiger partial charge in [-0.1, -0.05) is 12.1 Å². The summed E-state index contributed by atoms with van der Waals surface area (Å²) in [5, 5.41) is 21.1. The first kappa shape index (κ1) is 16.7. The predicted molar refractivity (Wildman–Crippen MR) is 80.4 cm³/mol. The van der Waals surface area contributed by atoms with Crippen LogP contribution in [-0.4, -0.2) is 30.3 Å². The first-order chi connectivity index (χ1) is 10.0. The van der Waals surface area contributed by atoms with Crippen molar-refractivity contribution < 1.29 is 14.6 Å². The zero-order valence-corrected chi connectivity index (χ0v) is 12.3. The van der Waals surface area contributed by atoms with E-state index in [1.807, 2.05) is 19.9 Å². The summed E-state index contributed by atoms with van der Waals surface area (Å²) in [4.78, 5) is 11.9. The number of nitriles is 1. The lowest BCUT2D eigenvalue weighted by Crippen LogP contribution is -2.26.